The third-order valence-corrected chi connectivity index (χ3v) is 8.62. The maximum absolute atomic E-state index is 12.7. The molecule has 1 saturated carbocycles. The number of benzene rings is 1. The van der Waals surface area contributed by atoms with Gasteiger partial charge in [0.2, 0.25) is 0 Å². The van der Waals surface area contributed by atoms with Crippen molar-refractivity contribution in [2.24, 2.45) is 11.8 Å². The van der Waals surface area contributed by atoms with Gasteiger partial charge < -0.3 is 15.4 Å². The van der Waals surface area contributed by atoms with E-state index in [0.29, 0.717) is 37.9 Å². The number of rotatable bonds is 10. The lowest BCUT2D eigenvalue weighted by Crippen LogP contribution is -2.45. The third kappa shape index (κ3) is 8.30. The zero-order valence-electron chi connectivity index (χ0n) is 23.6. The highest BCUT2D eigenvalue weighted by Crippen LogP contribution is 2.25. The summed E-state index contributed by atoms with van der Waals surface area (Å²) in [6.45, 7) is 8.23. The van der Waals surface area contributed by atoms with E-state index in [1.165, 1.54) is 17.0 Å². The van der Waals surface area contributed by atoms with Crippen molar-refractivity contribution in [3.63, 3.8) is 0 Å². The highest BCUT2D eigenvalue weighted by atomic mass is 32.2. The van der Waals surface area contributed by atoms with Crippen molar-refractivity contribution < 1.29 is 32.3 Å². The highest BCUT2D eigenvalue weighted by Gasteiger charge is 2.31. The van der Waals surface area contributed by atoms with Crippen LogP contribution in [0.3, 0.4) is 0 Å². The van der Waals surface area contributed by atoms with Gasteiger partial charge in [0.15, 0.2) is 0 Å². The Balaban J connectivity index is 1.40. The lowest BCUT2D eigenvalue weighted by atomic mass is 9.86. The van der Waals surface area contributed by atoms with E-state index in [0.717, 1.165) is 24.0 Å². The van der Waals surface area contributed by atoms with Crippen LogP contribution in [0.1, 0.15) is 65.4 Å². The number of carbonyl (C=O) groups excluding carboxylic acids is 4. The summed E-state index contributed by atoms with van der Waals surface area (Å²) < 4.78 is 32.7. The number of nitrogens with one attached hydrogen (secondary N) is 3. The van der Waals surface area contributed by atoms with E-state index in [9.17, 15) is 27.6 Å². The van der Waals surface area contributed by atoms with Crippen molar-refractivity contribution in [3.05, 3.63) is 41.0 Å². The molecule has 11 nitrogen and oxygen atoms in total. The fourth-order valence-corrected chi connectivity index (χ4v) is 5.76. The van der Waals surface area contributed by atoms with E-state index in [2.05, 4.69) is 15.4 Å². The molecule has 3 N–H and O–H groups in total. The van der Waals surface area contributed by atoms with Gasteiger partial charge in [0, 0.05) is 18.2 Å². The van der Waals surface area contributed by atoms with Gasteiger partial charge in [0.05, 0.1) is 24.0 Å². The number of hydrogen-bond acceptors (Lipinski definition) is 7. The van der Waals surface area contributed by atoms with Crippen LogP contribution in [0.15, 0.2) is 40.3 Å². The zero-order chi connectivity index (χ0) is 29.4. The van der Waals surface area contributed by atoms with Crippen LogP contribution in [-0.4, -0.2) is 63.0 Å². The van der Waals surface area contributed by atoms with Gasteiger partial charge in [-0.25, -0.2) is 22.7 Å². The Labute approximate surface area is 236 Å². The summed E-state index contributed by atoms with van der Waals surface area (Å²) in [5, 5.41) is 5.46. The summed E-state index contributed by atoms with van der Waals surface area (Å²) in [6.07, 6.45) is 3.91. The van der Waals surface area contributed by atoms with Crippen LogP contribution in [0.25, 0.3) is 0 Å². The summed E-state index contributed by atoms with van der Waals surface area (Å²) >= 11 is 0. The first-order valence-corrected chi connectivity index (χ1v) is 15.3. The maximum Gasteiger partial charge on any atom is 0.328 e. The molecule has 1 aliphatic heterocycles. The second-order valence-electron chi connectivity index (χ2n) is 10.7. The molecule has 1 fully saturated rings. The topological polar surface area (TPSA) is 151 Å². The minimum atomic E-state index is -4.07. The summed E-state index contributed by atoms with van der Waals surface area (Å²) in [4.78, 5) is 49.9. The van der Waals surface area contributed by atoms with Crippen molar-refractivity contribution >= 4 is 34.0 Å². The summed E-state index contributed by atoms with van der Waals surface area (Å²) in [7, 11) is -4.07. The van der Waals surface area contributed by atoms with E-state index in [1.54, 1.807) is 26.0 Å². The smallest absolute Gasteiger partial charge is 0.328 e. The van der Waals surface area contributed by atoms with Crippen LogP contribution in [0.2, 0.25) is 0 Å². The Kier molecular flexibility index (Phi) is 10.7. The van der Waals surface area contributed by atoms with Crippen molar-refractivity contribution in [1.29, 1.82) is 0 Å². The molecule has 0 saturated heterocycles. The summed E-state index contributed by atoms with van der Waals surface area (Å²) in [6, 6.07) is 4.65. The monoisotopic (exact) mass is 576 g/mol. The Hall–Kier alpha value is -3.41. The van der Waals surface area contributed by atoms with Gasteiger partial charge in [0.1, 0.15) is 0 Å². The second kappa shape index (κ2) is 13.8. The molecule has 0 spiro atoms. The molecule has 0 unspecified atom stereocenters. The first kappa shape index (κ1) is 31.1. The van der Waals surface area contributed by atoms with Gasteiger partial charge in [-0.2, -0.15) is 0 Å². The van der Waals surface area contributed by atoms with E-state index < -0.39 is 22.1 Å². The number of carbonyl (C=O) groups is 4. The number of esters is 1. The Morgan fingerprint density at radius 1 is 1.07 bits per heavy atom. The Bertz CT molecular complexity index is 1230. The molecule has 3 rings (SSSR count). The SMILES string of the molecule is CCC1=C(C)CN(C(=O)NCCc2ccc(S(=O)(=O)NC(=O)NC3CCC(COC(=O)C(C)C)CC3)cc2)C1=O. The molecular formula is C28H40N4O7S. The van der Waals surface area contributed by atoms with Crippen LogP contribution >= 0.6 is 0 Å². The summed E-state index contributed by atoms with van der Waals surface area (Å²) in [5.41, 5.74) is 2.36. The van der Waals surface area contributed by atoms with Crippen LogP contribution in [0.5, 0.6) is 0 Å². The van der Waals surface area contributed by atoms with Crippen LogP contribution in [0, 0.1) is 11.8 Å². The van der Waals surface area contributed by atoms with Gasteiger partial charge >= 0.3 is 18.0 Å². The molecule has 2 aliphatic rings. The number of imide groups is 1. The lowest BCUT2D eigenvalue weighted by Gasteiger charge is -2.28. The first-order chi connectivity index (χ1) is 18.9. The van der Waals surface area contributed by atoms with E-state index >= 15 is 0 Å². The van der Waals surface area contributed by atoms with E-state index in [-0.39, 0.29) is 47.7 Å². The van der Waals surface area contributed by atoms with Gasteiger partial charge in [-0.05, 0) is 74.6 Å². The lowest BCUT2D eigenvalue weighted by molar-refractivity contribution is -0.149. The largest absolute Gasteiger partial charge is 0.465 e. The first-order valence-electron chi connectivity index (χ1n) is 13.8. The molecular weight excluding hydrogens is 536 g/mol. The van der Waals surface area contributed by atoms with Gasteiger partial charge in [-0.1, -0.05) is 32.9 Å². The van der Waals surface area contributed by atoms with Crippen LogP contribution in [0.4, 0.5) is 9.59 Å². The quantitative estimate of drug-likeness (QED) is 0.362. The predicted molar refractivity (Wildman–Crippen MR) is 149 cm³/mol. The summed E-state index contributed by atoms with van der Waals surface area (Å²) in [5.74, 6) is -0.423. The third-order valence-electron chi connectivity index (χ3n) is 7.28. The van der Waals surface area contributed by atoms with Crippen molar-refractivity contribution in [3.8, 4) is 0 Å². The molecule has 1 aromatic rings. The predicted octanol–water partition coefficient (Wildman–Crippen LogP) is 3.25. The average Bonchev–Trinajstić information content (AvgIpc) is 3.20. The number of hydrogen-bond donors (Lipinski definition) is 3. The van der Waals surface area contributed by atoms with Crippen molar-refractivity contribution in [2.75, 3.05) is 19.7 Å². The Morgan fingerprint density at radius 2 is 1.73 bits per heavy atom. The molecule has 220 valence electrons. The molecule has 0 atom stereocenters. The number of sulfonamides is 1. The van der Waals surface area contributed by atoms with E-state index in [1.807, 2.05) is 13.8 Å². The van der Waals surface area contributed by atoms with Gasteiger partial charge in [0.25, 0.3) is 15.9 Å². The molecule has 1 heterocycles. The van der Waals surface area contributed by atoms with Crippen LogP contribution < -0.4 is 15.4 Å². The standard InChI is InChI=1S/C28H40N4O7S/c1-5-24-19(4)16-32(25(24)33)28(36)29-15-14-20-8-12-23(13-9-20)40(37,38)31-27(35)30-22-10-6-21(7-11-22)17-39-26(34)18(2)3/h8-9,12-13,18,21-22H,5-7,10-11,14-17H2,1-4H3,(H,29,36)(H2,30,31,35). The maximum atomic E-state index is 12.7. The fourth-order valence-electron chi connectivity index (χ4n) is 4.85. The molecule has 5 amide bonds. The van der Waals surface area contributed by atoms with Gasteiger partial charge in [-0.15, -0.1) is 0 Å². The number of urea groups is 2. The molecule has 0 bridgehead atoms. The molecule has 40 heavy (non-hydrogen) atoms. The Morgan fingerprint density at radius 3 is 2.30 bits per heavy atom. The molecule has 0 aromatic heterocycles. The minimum Gasteiger partial charge on any atom is -0.465 e. The molecule has 1 aliphatic carbocycles. The van der Waals surface area contributed by atoms with Gasteiger partial charge in [-0.3, -0.25) is 14.5 Å². The van der Waals surface area contributed by atoms with Crippen molar-refractivity contribution in [2.45, 2.75) is 77.2 Å². The van der Waals surface area contributed by atoms with Crippen molar-refractivity contribution in [1.82, 2.24) is 20.3 Å². The minimum absolute atomic E-state index is 0.0533. The number of nitrogens with zero attached hydrogens (tertiary/aromatic N) is 1. The normalized spacial score (nSPS) is 19.5. The van der Waals surface area contributed by atoms with Crippen LogP contribution in [-0.2, 0) is 30.8 Å². The number of ether oxygens (including phenoxy) is 1. The molecule has 0 radical (unpaired) electrons. The zero-order valence-corrected chi connectivity index (χ0v) is 24.4. The highest BCUT2D eigenvalue weighted by molar-refractivity contribution is 7.90. The second-order valence-corrected chi connectivity index (χ2v) is 12.4. The number of amides is 5. The fraction of sp³-hybridized carbons (Fsp3) is 0.571. The molecule has 12 heteroatoms. The average molecular weight is 577 g/mol. The van der Waals surface area contributed by atoms with E-state index in [4.69, 9.17) is 4.74 Å². The molecule has 1 aromatic carbocycles.